The van der Waals surface area contributed by atoms with Gasteiger partial charge in [0.05, 0.1) is 17.4 Å². The maximum absolute atomic E-state index is 13.7. The summed E-state index contributed by atoms with van der Waals surface area (Å²) < 4.78 is 40.3. The number of para-hydroxylation sites is 1. The van der Waals surface area contributed by atoms with Crippen LogP contribution in [0, 0.1) is 17.5 Å². The lowest BCUT2D eigenvalue weighted by Gasteiger charge is -2.10. The molecule has 26 heavy (non-hydrogen) atoms. The fourth-order valence-corrected chi connectivity index (χ4v) is 2.28. The van der Waals surface area contributed by atoms with E-state index in [1.165, 1.54) is 36.7 Å². The number of carbonyl (C=O) groups excluding carboxylic acids is 1. The number of nitrogens with zero attached hydrogens (tertiary/aromatic N) is 1. The maximum Gasteiger partial charge on any atom is 0.253 e. The Hall–Kier alpha value is -3.35. The molecule has 0 unspecified atom stereocenters. The molecule has 0 aliphatic rings. The van der Waals surface area contributed by atoms with Gasteiger partial charge in [0, 0.05) is 12.7 Å². The first-order valence-electron chi connectivity index (χ1n) is 7.71. The van der Waals surface area contributed by atoms with E-state index < -0.39 is 17.5 Å². The van der Waals surface area contributed by atoms with Gasteiger partial charge in [-0.15, -0.1) is 0 Å². The Morgan fingerprint density at radius 3 is 2.35 bits per heavy atom. The number of aromatic nitrogens is 1. The number of amides is 1. The van der Waals surface area contributed by atoms with Gasteiger partial charge in [-0.25, -0.2) is 13.2 Å². The van der Waals surface area contributed by atoms with Gasteiger partial charge in [-0.05, 0) is 35.9 Å². The summed E-state index contributed by atoms with van der Waals surface area (Å²) in [6.45, 7) is 0.207. The lowest BCUT2D eigenvalue weighted by atomic mass is 10.2. The predicted octanol–water partition coefficient (Wildman–Crippen LogP) is 4.17. The molecule has 0 saturated carbocycles. The molecule has 0 spiro atoms. The molecule has 1 heterocycles. The van der Waals surface area contributed by atoms with Gasteiger partial charge in [0.1, 0.15) is 23.1 Å². The Balaban J connectivity index is 1.70. The van der Waals surface area contributed by atoms with Crippen molar-refractivity contribution >= 4 is 17.3 Å². The largest absolute Gasteiger partial charge is 0.349 e. The molecule has 0 saturated heterocycles. The number of halogens is 3. The Bertz CT molecular complexity index is 909. The zero-order valence-corrected chi connectivity index (χ0v) is 13.5. The molecule has 3 rings (SSSR count). The average Bonchev–Trinajstić information content (AvgIpc) is 2.64. The first-order chi connectivity index (χ1) is 12.5. The first kappa shape index (κ1) is 17.5. The van der Waals surface area contributed by atoms with Gasteiger partial charge in [-0.2, -0.15) is 0 Å². The second kappa shape index (κ2) is 7.69. The third kappa shape index (κ3) is 4.18. The van der Waals surface area contributed by atoms with Crippen LogP contribution in [0.25, 0.3) is 0 Å². The molecular weight excluding hydrogens is 343 g/mol. The van der Waals surface area contributed by atoms with Crippen LogP contribution in [-0.4, -0.2) is 10.9 Å². The van der Waals surface area contributed by atoms with Crippen LogP contribution < -0.4 is 10.6 Å². The molecule has 4 nitrogen and oxygen atoms in total. The minimum Gasteiger partial charge on any atom is -0.349 e. The van der Waals surface area contributed by atoms with Crippen molar-refractivity contribution in [2.45, 2.75) is 6.54 Å². The molecule has 0 aliphatic carbocycles. The molecule has 2 aromatic carbocycles. The van der Waals surface area contributed by atoms with E-state index in [1.807, 2.05) is 0 Å². The van der Waals surface area contributed by atoms with Crippen molar-refractivity contribution in [2.24, 2.45) is 0 Å². The predicted molar refractivity (Wildman–Crippen MR) is 91.4 cm³/mol. The molecule has 132 valence electrons. The molecule has 0 bridgehead atoms. The van der Waals surface area contributed by atoms with E-state index >= 15 is 0 Å². The standard InChI is InChI=1S/C19H14F3N3O/c20-14-6-4-12(5-7-14)9-24-19(26)13-8-15(11-23-10-13)25-18-16(21)2-1-3-17(18)22/h1-8,10-11,25H,9H2,(H,24,26). The topological polar surface area (TPSA) is 54.0 Å². The quantitative estimate of drug-likeness (QED) is 0.721. The summed E-state index contributed by atoms with van der Waals surface area (Å²) in [5.74, 6) is -2.28. The molecule has 7 heteroatoms. The Morgan fingerprint density at radius 2 is 1.65 bits per heavy atom. The Kier molecular flexibility index (Phi) is 5.17. The number of benzene rings is 2. The highest BCUT2D eigenvalue weighted by Gasteiger charge is 2.11. The van der Waals surface area contributed by atoms with Crippen LogP contribution in [0.15, 0.2) is 60.9 Å². The van der Waals surface area contributed by atoms with E-state index in [4.69, 9.17) is 0 Å². The van der Waals surface area contributed by atoms with E-state index in [9.17, 15) is 18.0 Å². The number of hydrogen-bond donors (Lipinski definition) is 2. The van der Waals surface area contributed by atoms with E-state index in [2.05, 4.69) is 15.6 Å². The van der Waals surface area contributed by atoms with Crippen molar-refractivity contribution in [3.8, 4) is 0 Å². The van der Waals surface area contributed by atoms with E-state index in [-0.39, 0.29) is 29.3 Å². The van der Waals surface area contributed by atoms with E-state index in [0.717, 1.165) is 17.7 Å². The van der Waals surface area contributed by atoms with Crippen LogP contribution in [0.2, 0.25) is 0 Å². The van der Waals surface area contributed by atoms with Gasteiger partial charge in [0.15, 0.2) is 0 Å². The van der Waals surface area contributed by atoms with Crippen molar-refractivity contribution in [3.05, 3.63) is 89.5 Å². The van der Waals surface area contributed by atoms with Crippen molar-refractivity contribution in [1.82, 2.24) is 10.3 Å². The number of hydrogen-bond acceptors (Lipinski definition) is 3. The lowest BCUT2D eigenvalue weighted by molar-refractivity contribution is 0.0950. The average molecular weight is 357 g/mol. The van der Waals surface area contributed by atoms with E-state index in [1.54, 1.807) is 12.1 Å². The highest BCUT2D eigenvalue weighted by Crippen LogP contribution is 2.23. The van der Waals surface area contributed by atoms with Crippen molar-refractivity contribution < 1.29 is 18.0 Å². The fourth-order valence-electron chi connectivity index (χ4n) is 2.28. The molecular formula is C19H14F3N3O. The smallest absolute Gasteiger partial charge is 0.253 e. The van der Waals surface area contributed by atoms with E-state index in [0.29, 0.717) is 0 Å². The monoisotopic (exact) mass is 357 g/mol. The SMILES string of the molecule is O=C(NCc1ccc(F)cc1)c1cncc(Nc2c(F)cccc2F)c1. The number of rotatable bonds is 5. The Labute approximate surface area is 147 Å². The number of anilines is 2. The molecule has 0 fully saturated rings. The van der Waals surface area contributed by atoms with Crippen LogP contribution in [0.5, 0.6) is 0 Å². The normalized spacial score (nSPS) is 10.4. The summed E-state index contributed by atoms with van der Waals surface area (Å²) in [5, 5.41) is 5.25. The summed E-state index contributed by atoms with van der Waals surface area (Å²) in [7, 11) is 0. The second-order valence-corrected chi connectivity index (χ2v) is 5.49. The molecule has 0 atom stereocenters. The Morgan fingerprint density at radius 1 is 0.962 bits per heavy atom. The number of carbonyl (C=O) groups is 1. The number of nitrogens with one attached hydrogen (secondary N) is 2. The number of pyridine rings is 1. The van der Waals surface area contributed by atoms with Crippen molar-refractivity contribution in [3.63, 3.8) is 0 Å². The summed E-state index contributed by atoms with van der Waals surface area (Å²) in [5.41, 5.74) is 0.894. The highest BCUT2D eigenvalue weighted by molar-refractivity contribution is 5.94. The maximum atomic E-state index is 13.7. The molecule has 1 aromatic heterocycles. The van der Waals surface area contributed by atoms with Gasteiger partial charge in [0.25, 0.3) is 5.91 Å². The minimum atomic E-state index is -0.754. The molecule has 1 amide bonds. The van der Waals surface area contributed by atoms with Crippen molar-refractivity contribution in [1.29, 1.82) is 0 Å². The fraction of sp³-hybridized carbons (Fsp3) is 0.0526. The van der Waals surface area contributed by atoms with Crippen LogP contribution in [0.3, 0.4) is 0 Å². The third-order valence-corrected chi connectivity index (χ3v) is 3.60. The zero-order chi connectivity index (χ0) is 18.5. The summed E-state index contributed by atoms with van der Waals surface area (Å²) >= 11 is 0. The van der Waals surface area contributed by atoms with Gasteiger partial charge in [0.2, 0.25) is 0 Å². The van der Waals surface area contributed by atoms with Gasteiger partial charge in [-0.3, -0.25) is 9.78 Å². The van der Waals surface area contributed by atoms with Crippen LogP contribution in [-0.2, 0) is 6.54 Å². The van der Waals surface area contributed by atoms with Crippen LogP contribution in [0.1, 0.15) is 15.9 Å². The van der Waals surface area contributed by atoms with Gasteiger partial charge >= 0.3 is 0 Å². The molecule has 0 aliphatic heterocycles. The van der Waals surface area contributed by atoms with Crippen LogP contribution in [0.4, 0.5) is 24.5 Å². The van der Waals surface area contributed by atoms with Crippen molar-refractivity contribution in [2.75, 3.05) is 5.32 Å². The minimum absolute atomic E-state index is 0.207. The van der Waals surface area contributed by atoms with Gasteiger partial charge < -0.3 is 10.6 Å². The lowest BCUT2D eigenvalue weighted by Crippen LogP contribution is -2.23. The van der Waals surface area contributed by atoms with Gasteiger partial charge in [-0.1, -0.05) is 18.2 Å². The highest BCUT2D eigenvalue weighted by atomic mass is 19.1. The first-order valence-corrected chi connectivity index (χ1v) is 7.71. The third-order valence-electron chi connectivity index (χ3n) is 3.60. The zero-order valence-electron chi connectivity index (χ0n) is 13.5. The summed E-state index contributed by atoms with van der Waals surface area (Å²) in [4.78, 5) is 16.1. The molecule has 0 radical (unpaired) electrons. The molecule has 3 aromatic rings. The summed E-state index contributed by atoms with van der Waals surface area (Å²) in [6.07, 6.45) is 2.69. The molecule has 2 N–H and O–H groups in total. The van der Waals surface area contributed by atoms with Crippen LogP contribution >= 0.6 is 0 Å². The summed E-state index contributed by atoms with van der Waals surface area (Å²) in [6, 6.07) is 10.7. The second-order valence-electron chi connectivity index (χ2n) is 5.49.